The maximum atomic E-state index is 9.11. The van der Waals surface area contributed by atoms with Gasteiger partial charge >= 0.3 is 0 Å². The van der Waals surface area contributed by atoms with Crippen LogP contribution < -0.4 is 0 Å². The molecule has 0 bridgehead atoms. The van der Waals surface area contributed by atoms with E-state index in [9.17, 15) is 0 Å². The van der Waals surface area contributed by atoms with E-state index in [1.54, 1.807) is 0 Å². The van der Waals surface area contributed by atoms with Gasteiger partial charge in [-0.3, -0.25) is 0 Å². The van der Waals surface area contributed by atoms with Crippen molar-refractivity contribution in [2.24, 2.45) is 0 Å². The standard InChI is InChI=1S/C13H18N2/c1-10-5-6-12(7-11(10)2)13(8-14)9-15(3)4/h5-7,13H,9H2,1-4H3. The van der Waals surface area contributed by atoms with Gasteiger partial charge in [-0.25, -0.2) is 0 Å². The van der Waals surface area contributed by atoms with Crippen LogP contribution in [0.3, 0.4) is 0 Å². The molecule has 0 aliphatic heterocycles. The summed E-state index contributed by atoms with van der Waals surface area (Å²) in [7, 11) is 3.98. The van der Waals surface area contributed by atoms with Gasteiger partial charge in [0.25, 0.3) is 0 Å². The first-order valence-electron chi connectivity index (χ1n) is 5.16. The van der Waals surface area contributed by atoms with E-state index in [-0.39, 0.29) is 5.92 Å². The topological polar surface area (TPSA) is 27.0 Å². The molecule has 0 aliphatic carbocycles. The molecule has 0 N–H and O–H groups in total. The van der Waals surface area contributed by atoms with Crippen LogP contribution in [-0.4, -0.2) is 25.5 Å². The fraction of sp³-hybridized carbons (Fsp3) is 0.462. The number of nitrogens with zero attached hydrogens (tertiary/aromatic N) is 2. The SMILES string of the molecule is Cc1ccc(C(C#N)CN(C)C)cc1C. The van der Waals surface area contributed by atoms with Gasteiger partial charge in [0.05, 0.1) is 12.0 Å². The normalized spacial score (nSPS) is 12.5. The first-order valence-corrected chi connectivity index (χ1v) is 5.16. The maximum absolute atomic E-state index is 9.11. The molecule has 1 aromatic rings. The average Bonchev–Trinajstić information content (AvgIpc) is 2.18. The van der Waals surface area contributed by atoms with Crippen molar-refractivity contribution in [3.8, 4) is 6.07 Å². The Balaban J connectivity index is 2.94. The van der Waals surface area contributed by atoms with E-state index >= 15 is 0 Å². The second-order valence-corrected chi connectivity index (χ2v) is 4.29. The zero-order valence-electron chi connectivity index (χ0n) is 9.91. The van der Waals surface area contributed by atoms with Gasteiger partial charge in [-0.15, -0.1) is 0 Å². The Kier molecular flexibility index (Phi) is 3.88. The summed E-state index contributed by atoms with van der Waals surface area (Å²) in [6.07, 6.45) is 0. The lowest BCUT2D eigenvalue weighted by molar-refractivity contribution is 0.398. The number of hydrogen-bond acceptors (Lipinski definition) is 2. The van der Waals surface area contributed by atoms with Crippen molar-refractivity contribution in [2.75, 3.05) is 20.6 Å². The Morgan fingerprint density at radius 1 is 1.27 bits per heavy atom. The molecule has 80 valence electrons. The van der Waals surface area contributed by atoms with Crippen molar-refractivity contribution in [2.45, 2.75) is 19.8 Å². The molecule has 0 amide bonds. The van der Waals surface area contributed by atoms with Gasteiger partial charge in [-0.05, 0) is 44.6 Å². The average molecular weight is 202 g/mol. The van der Waals surface area contributed by atoms with Gasteiger partial charge in [-0.1, -0.05) is 18.2 Å². The number of likely N-dealkylation sites (N-methyl/N-ethyl adjacent to an activating group) is 1. The van der Waals surface area contributed by atoms with E-state index in [0.717, 1.165) is 12.1 Å². The van der Waals surface area contributed by atoms with Crippen LogP contribution in [0.2, 0.25) is 0 Å². The number of aryl methyl sites for hydroxylation is 2. The lowest BCUT2D eigenvalue weighted by Crippen LogP contribution is -2.19. The number of benzene rings is 1. The van der Waals surface area contributed by atoms with E-state index < -0.39 is 0 Å². The molecule has 0 saturated carbocycles. The third-order valence-electron chi connectivity index (χ3n) is 2.64. The van der Waals surface area contributed by atoms with Gasteiger partial charge in [-0.2, -0.15) is 5.26 Å². The lowest BCUT2D eigenvalue weighted by Gasteiger charge is -2.16. The molecule has 2 nitrogen and oxygen atoms in total. The first kappa shape index (κ1) is 11.7. The van der Waals surface area contributed by atoms with Gasteiger partial charge in [0, 0.05) is 6.54 Å². The lowest BCUT2D eigenvalue weighted by atomic mass is 9.96. The molecule has 1 atom stereocenters. The quantitative estimate of drug-likeness (QED) is 0.753. The zero-order chi connectivity index (χ0) is 11.4. The van der Waals surface area contributed by atoms with Crippen LogP contribution in [-0.2, 0) is 0 Å². The Morgan fingerprint density at radius 3 is 2.40 bits per heavy atom. The molecule has 0 aliphatic rings. The summed E-state index contributed by atoms with van der Waals surface area (Å²) >= 11 is 0. The maximum Gasteiger partial charge on any atom is 0.0839 e. The van der Waals surface area contributed by atoms with Crippen molar-refractivity contribution < 1.29 is 0 Å². The van der Waals surface area contributed by atoms with Gasteiger partial charge in [0.15, 0.2) is 0 Å². The van der Waals surface area contributed by atoms with Crippen molar-refractivity contribution in [3.05, 3.63) is 34.9 Å². The number of nitriles is 1. The molecule has 15 heavy (non-hydrogen) atoms. The largest absolute Gasteiger partial charge is 0.308 e. The highest BCUT2D eigenvalue weighted by atomic mass is 15.1. The number of hydrogen-bond donors (Lipinski definition) is 0. The predicted molar refractivity (Wildman–Crippen MR) is 62.8 cm³/mol. The molecule has 1 aromatic carbocycles. The fourth-order valence-corrected chi connectivity index (χ4v) is 1.57. The Hall–Kier alpha value is -1.33. The highest BCUT2D eigenvalue weighted by molar-refractivity contribution is 5.34. The summed E-state index contributed by atoms with van der Waals surface area (Å²) in [5, 5.41) is 9.11. The molecule has 0 fully saturated rings. The van der Waals surface area contributed by atoms with Crippen LogP contribution in [0.25, 0.3) is 0 Å². The predicted octanol–water partition coefficient (Wildman–Crippen LogP) is 2.47. The zero-order valence-corrected chi connectivity index (χ0v) is 9.91. The third kappa shape index (κ3) is 3.07. The van der Waals surface area contributed by atoms with Gasteiger partial charge in [0.2, 0.25) is 0 Å². The van der Waals surface area contributed by atoms with Crippen molar-refractivity contribution >= 4 is 0 Å². The van der Waals surface area contributed by atoms with E-state index in [2.05, 4.69) is 38.1 Å². The highest BCUT2D eigenvalue weighted by Crippen LogP contribution is 2.19. The van der Waals surface area contributed by atoms with Crippen LogP contribution in [0.1, 0.15) is 22.6 Å². The molecule has 1 unspecified atom stereocenters. The molecule has 0 saturated heterocycles. The summed E-state index contributed by atoms with van der Waals surface area (Å²) < 4.78 is 0. The molecule has 1 rings (SSSR count). The summed E-state index contributed by atoms with van der Waals surface area (Å²) in [5.41, 5.74) is 3.65. The Morgan fingerprint density at radius 2 is 1.93 bits per heavy atom. The number of rotatable bonds is 3. The summed E-state index contributed by atoms with van der Waals surface area (Å²) in [6.45, 7) is 4.95. The van der Waals surface area contributed by atoms with Crippen LogP contribution in [0, 0.1) is 25.2 Å². The molecular weight excluding hydrogens is 184 g/mol. The molecular formula is C13H18N2. The van der Waals surface area contributed by atoms with Gasteiger partial charge in [0.1, 0.15) is 0 Å². The molecule has 0 aromatic heterocycles. The van der Waals surface area contributed by atoms with E-state index in [1.807, 2.05) is 19.0 Å². The second kappa shape index (κ2) is 4.95. The molecule has 2 heteroatoms. The summed E-state index contributed by atoms with van der Waals surface area (Å²) in [4.78, 5) is 2.04. The van der Waals surface area contributed by atoms with E-state index in [1.165, 1.54) is 11.1 Å². The Labute approximate surface area is 92.1 Å². The van der Waals surface area contributed by atoms with Gasteiger partial charge < -0.3 is 4.90 Å². The molecule has 0 radical (unpaired) electrons. The minimum Gasteiger partial charge on any atom is -0.308 e. The molecule has 0 heterocycles. The van der Waals surface area contributed by atoms with Crippen LogP contribution in [0.15, 0.2) is 18.2 Å². The monoisotopic (exact) mass is 202 g/mol. The second-order valence-electron chi connectivity index (χ2n) is 4.29. The third-order valence-corrected chi connectivity index (χ3v) is 2.64. The van der Waals surface area contributed by atoms with Crippen molar-refractivity contribution in [1.82, 2.24) is 4.90 Å². The molecule has 0 spiro atoms. The minimum atomic E-state index is -0.0284. The van der Waals surface area contributed by atoms with Crippen LogP contribution in [0.5, 0.6) is 0 Å². The van der Waals surface area contributed by atoms with E-state index in [4.69, 9.17) is 5.26 Å². The van der Waals surface area contributed by atoms with Crippen molar-refractivity contribution in [3.63, 3.8) is 0 Å². The minimum absolute atomic E-state index is 0.0284. The fourth-order valence-electron chi connectivity index (χ4n) is 1.57. The highest BCUT2D eigenvalue weighted by Gasteiger charge is 2.11. The van der Waals surface area contributed by atoms with Crippen LogP contribution in [0.4, 0.5) is 0 Å². The van der Waals surface area contributed by atoms with Crippen molar-refractivity contribution in [1.29, 1.82) is 5.26 Å². The van der Waals surface area contributed by atoms with Crippen LogP contribution >= 0.6 is 0 Å². The smallest absolute Gasteiger partial charge is 0.0839 e. The Bertz CT molecular complexity index is 375. The summed E-state index contributed by atoms with van der Waals surface area (Å²) in [5.74, 6) is -0.0284. The summed E-state index contributed by atoms with van der Waals surface area (Å²) in [6, 6.07) is 8.62. The first-order chi connectivity index (χ1) is 7.04. The van der Waals surface area contributed by atoms with E-state index in [0.29, 0.717) is 0 Å².